The molecule has 0 aliphatic heterocycles. The van der Waals surface area contributed by atoms with Gasteiger partial charge in [-0.15, -0.1) is 0 Å². The summed E-state index contributed by atoms with van der Waals surface area (Å²) in [6.45, 7) is 3.60. The molecular formula is C18H19N3O. The SMILES string of the molecule is CCN(CC(=O)NCc1ccc(C#N)cc1)c1ccccc1. The molecule has 0 aliphatic rings. The second-order valence-corrected chi connectivity index (χ2v) is 4.94. The topological polar surface area (TPSA) is 56.1 Å². The molecule has 4 heteroatoms. The van der Waals surface area contributed by atoms with Crippen molar-refractivity contribution in [2.75, 3.05) is 18.0 Å². The normalized spacial score (nSPS) is 9.82. The van der Waals surface area contributed by atoms with Crippen molar-refractivity contribution in [3.63, 3.8) is 0 Å². The van der Waals surface area contributed by atoms with Gasteiger partial charge in [-0.05, 0) is 36.8 Å². The molecule has 0 aliphatic carbocycles. The van der Waals surface area contributed by atoms with Crippen LogP contribution >= 0.6 is 0 Å². The van der Waals surface area contributed by atoms with E-state index in [2.05, 4.69) is 11.4 Å². The first kappa shape index (κ1) is 15.6. The van der Waals surface area contributed by atoms with Gasteiger partial charge in [-0.25, -0.2) is 0 Å². The van der Waals surface area contributed by atoms with Crippen molar-refractivity contribution >= 4 is 11.6 Å². The average molecular weight is 293 g/mol. The van der Waals surface area contributed by atoms with Crippen LogP contribution in [0.1, 0.15) is 18.1 Å². The minimum absolute atomic E-state index is 0.0185. The van der Waals surface area contributed by atoms with Crippen molar-refractivity contribution in [3.8, 4) is 6.07 Å². The summed E-state index contributed by atoms with van der Waals surface area (Å²) in [5.74, 6) is -0.0185. The molecule has 0 saturated carbocycles. The minimum Gasteiger partial charge on any atom is -0.363 e. The van der Waals surface area contributed by atoms with Gasteiger partial charge in [0.25, 0.3) is 0 Å². The van der Waals surface area contributed by atoms with Gasteiger partial charge in [0.15, 0.2) is 0 Å². The minimum atomic E-state index is -0.0185. The van der Waals surface area contributed by atoms with Gasteiger partial charge in [-0.1, -0.05) is 30.3 Å². The number of hydrogen-bond donors (Lipinski definition) is 1. The third-order valence-corrected chi connectivity index (χ3v) is 3.41. The fraction of sp³-hybridized carbons (Fsp3) is 0.222. The summed E-state index contributed by atoms with van der Waals surface area (Å²) in [4.78, 5) is 14.1. The van der Waals surface area contributed by atoms with Crippen LogP contribution in [0.5, 0.6) is 0 Å². The van der Waals surface area contributed by atoms with Gasteiger partial charge in [0.05, 0.1) is 18.2 Å². The zero-order valence-corrected chi connectivity index (χ0v) is 12.6. The smallest absolute Gasteiger partial charge is 0.239 e. The predicted molar refractivity (Wildman–Crippen MR) is 87.3 cm³/mol. The molecule has 22 heavy (non-hydrogen) atoms. The van der Waals surface area contributed by atoms with E-state index in [9.17, 15) is 4.79 Å². The number of anilines is 1. The van der Waals surface area contributed by atoms with Gasteiger partial charge in [0, 0.05) is 18.8 Å². The molecule has 0 aromatic heterocycles. The van der Waals surface area contributed by atoms with E-state index in [-0.39, 0.29) is 5.91 Å². The molecule has 1 amide bonds. The van der Waals surface area contributed by atoms with Crippen molar-refractivity contribution in [2.24, 2.45) is 0 Å². The lowest BCUT2D eigenvalue weighted by Gasteiger charge is -2.22. The molecule has 0 saturated heterocycles. The Morgan fingerprint density at radius 3 is 2.41 bits per heavy atom. The van der Waals surface area contributed by atoms with Crippen molar-refractivity contribution in [1.29, 1.82) is 5.26 Å². The second kappa shape index (κ2) is 7.84. The second-order valence-electron chi connectivity index (χ2n) is 4.94. The Morgan fingerprint density at radius 1 is 1.14 bits per heavy atom. The number of para-hydroxylation sites is 1. The Bertz CT molecular complexity index is 644. The molecule has 0 bridgehead atoms. The first-order valence-corrected chi connectivity index (χ1v) is 7.28. The molecule has 0 radical (unpaired) electrons. The van der Waals surface area contributed by atoms with Crippen LogP contribution in [-0.4, -0.2) is 19.0 Å². The quantitative estimate of drug-likeness (QED) is 0.891. The molecule has 112 valence electrons. The number of amides is 1. The molecule has 0 heterocycles. The Kier molecular flexibility index (Phi) is 5.56. The highest BCUT2D eigenvalue weighted by Gasteiger charge is 2.09. The molecule has 0 spiro atoms. The van der Waals surface area contributed by atoms with Crippen molar-refractivity contribution < 1.29 is 4.79 Å². The van der Waals surface area contributed by atoms with E-state index in [0.29, 0.717) is 18.7 Å². The molecule has 0 unspecified atom stereocenters. The van der Waals surface area contributed by atoms with E-state index in [1.807, 2.05) is 54.3 Å². The van der Waals surface area contributed by atoms with Gasteiger partial charge in [-0.2, -0.15) is 5.26 Å². The highest BCUT2D eigenvalue weighted by Crippen LogP contribution is 2.12. The van der Waals surface area contributed by atoms with Gasteiger partial charge in [-0.3, -0.25) is 4.79 Å². The number of likely N-dealkylation sites (N-methyl/N-ethyl adjacent to an activating group) is 1. The summed E-state index contributed by atoms with van der Waals surface area (Å²) in [5, 5.41) is 11.7. The predicted octanol–water partition coefficient (Wildman–Crippen LogP) is 2.70. The van der Waals surface area contributed by atoms with Crippen LogP contribution in [0.25, 0.3) is 0 Å². The van der Waals surface area contributed by atoms with Gasteiger partial charge < -0.3 is 10.2 Å². The summed E-state index contributed by atoms with van der Waals surface area (Å²) in [7, 11) is 0. The third kappa shape index (κ3) is 4.35. The monoisotopic (exact) mass is 293 g/mol. The van der Waals surface area contributed by atoms with E-state index < -0.39 is 0 Å². The first-order chi connectivity index (χ1) is 10.7. The molecule has 2 rings (SSSR count). The van der Waals surface area contributed by atoms with E-state index in [4.69, 9.17) is 5.26 Å². The van der Waals surface area contributed by atoms with Crippen LogP contribution in [0, 0.1) is 11.3 Å². The lowest BCUT2D eigenvalue weighted by molar-refractivity contribution is -0.119. The maximum Gasteiger partial charge on any atom is 0.239 e. The number of carbonyl (C=O) groups is 1. The highest BCUT2D eigenvalue weighted by atomic mass is 16.2. The van der Waals surface area contributed by atoms with E-state index in [1.54, 1.807) is 12.1 Å². The summed E-state index contributed by atoms with van der Waals surface area (Å²) in [6.07, 6.45) is 0. The number of nitrogens with one attached hydrogen (secondary N) is 1. The van der Waals surface area contributed by atoms with E-state index in [0.717, 1.165) is 17.8 Å². The van der Waals surface area contributed by atoms with Gasteiger partial charge in [0.1, 0.15) is 0 Å². The number of nitrogens with zero attached hydrogens (tertiary/aromatic N) is 2. The molecule has 0 atom stereocenters. The molecule has 2 aromatic rings. The lowest BCUT2D eigenvalue weighted by Crippen LogP contribution is -2.36. The number of hydrogen-bond acceptors (Lipinski definition) is 3. The Morgan fingerprint density at radius 2 is 1.82 bits per heavy atom. The number of carbonyl (C=O) groups excluding carboxylic acids is 1. The maximum atomic E-state index is 12.1. The molecule has 4 nitrogen and oxygen atoms in total. The standard InChI is InChI=1S/C18H19N3O/c1-2-21(17-6-4-3-5-7-17)14-18(22)20-13-16-10-8-15(12-19)9-11-16/h3-11H,2,13-14H2,1H3,(H,20,22). The number of rotatable bonds is 6. The van der Waals surface area contributed by atoms with E-state index >= 15 is 0 Å². The number of benzene rings is 2. The van der Waals surface area contributed by atoms with Crippen LogP contribution in [0.3, 0.4) is 0 Å². The largest absolute Gasteiger partial charge is 0.363 e. The highest BCUT2D eigenvalue weighted by molar-refractivity contribution is 5.81. The Hall–Kier alpha value is -2.80. The van der Waals surface area contributed by atoms with Crippen molar-refractivity contribution in [3.05, 3.63) is 65.7 Å². The van der Waals surface area contributed by atoms with Crippen molar-refractivity contribution in [2.45, 2.75) is 13.5 Å². The fourth-order valence-electron chi connectivity index (χ4n) is 2.15. The maximum absolute atomic E-state index is 12.1. The Balaban J connectivity index is 1.87. The van der Waals surface area contributed by atoms with Crippen LogP contribution in [0.2, 0.25) is 0 Å². The van der Waals surface area contributed by atoms with Crippen LogP contribution < -0.4 is 10.2 Å². The van der Waals surface area contributed by atoms with E-state index in [1.165, 1.54) is 0 Å². The van der Waals surface area contributed by atoms with Crippen LogP contribution in [-0.2, 0) is 11.3 Å². The zero-order chi connectivity index (χ0) is 15.8. The Labute approximate surface area is 131 Å². The van der Waals surface area contributed by atoms with Crippen LogP contribution in [0.4, 0.5) is 5.69 Å². The lowest BCUT2D eigenvalue weighted by atomic mass is 10.1. The van der Waals surface area contributed by atoms with Crippen molar-refractivity contribution in [1.82, 2.24) is 5.32 Å². The van der Waals surface area contributed by atoms with Gasteiger partial charge in [0.2, 0.25) is 5.91 Å². The summed E-state index contributed by atoms with van der Waals surface area (Å²) in [6, 6.07) is 19.2. The zero-order valence-electron chi connectivity index (χ0n) is 12.6. The average Bonchev–Trinajstić information content (AvgIpc) is 2.59. The summed E-state index contributed by atoms with van der Waals surface area (Å²) in [5.41, 5.74) is 2.64. The number of nitriles is 1. The van der Waals surface area contributed by atoms with Gasteiger partial charge >= 0.3 is 0 Å². The summed E-state index contributed by atoms with van der Waals surface area (Å²) >= 11 is 0. The molecule has 1 N–H and O–H groups in total. The third-order valence-electron chi connectivity index (χ3n) is 3.41. The molecule has 0 fully saturated rings. The molecule has 2 aromatic carbocycles. The molecular weight excluding hydrogens is 274 g/mol. The summed E-state index contributed by atoms with van der Waals surface area (Å²) < 4.78 is 0. The van der Waals surface area contributed by atoms with Crippen LogP contribution in [0.15, 0.2) is 54.6 Å². The fourth-order valence-corrected chi connectivity index (χ4v) is 2.15. The first-order valence-electron chi connectivity index (χ1n) is 7.28.